The monoisotopic (exact) mass is 354 g/mol. The summed E-state index contributed by atoms with van der Waals surface area (Å²) in [5.41, 5.74) is 2.41. The van der Waals surface area contributed by atoms with Crippen LogP contribution >= 0.6 is 0 Å². The smallest absolute Gasteiger partial charge is 0.272 e. The summed E-state index contributed by atoms with van der Waals surface area (Å²) in [7, 11) is 1.51. The molecule has 4 aromatic rings. The predicted octanol–water partition coefficient (Wildman–Crippen LogP) is 2.61. The second-order valence-electron chi connectivity index (χ2n) is 5.77. The van der Waals surface area contributed by atoms with Gasteiger partial charge in [0.1, 0.15) is 11.6 Å². The van der Waals surface area contributed by atoms with Crippen LogP contribution in [0.25, 0.3) is 16.8 Å². The molecule has 3 aromatic heterocycles. The molecule has 0 unspecified atom stereocenters. The third kappa shape index (κ3) is 2.97. The molecule has 3 heterocycles. The third-order valence-electron chi connectivity index (χ3n) is 4.08. The lowest BCUT2D eigenvalue weighted by atomic mass is 10.1. The van der Waals surface area contributed by atoms with Crippen molar-refractivity contribution in [2.24, 2.45) is 0 Å². The van der Waals surface area contributed by atoms with Gasteiger partial charge in [-0.05, 0) is 29.3 Å². The quantitative estimate of drug-likeness (QED) is 0.595. The van der Waals surface area contributed by atoms with Crippen LogP contribution in [0, 0.1) is 5.82 Å². The van der Waals surface area contributed by atoms with E-state index in [2.05, 4.69) is 15.2 Å². The number of H-pyrrole nitrogens is 1. The van der Waals surface area contributed by atoms with Crippen LogP contribution in [0.3, 0.4) is 0 Å². The van der Waals surface area contributed by atoms with Crippen molar-refractivity contribution >= 4 is 5.65 Å². The van der Waals surface area contributed by atoms with Crippen molar-refractivity contribution in [3.05, 3.63) is 70.2 Å². The summed E-state index contributed by atoms with van der Waals surface area (Å²) in [5, 5.41) is 6.63. The highest BCUT2D eigenvalue weighted by Crippen LogP contribution is 2.23. The van der Waals surface area contributed by atoms with E-state index in [9.17, 15) is 9.18 Å². The molecule has 0 aliphatic rings. The Balaban J connectivity index is 1.67. The lowest BCUT2D eigenvalue weighted by Gasteiger charge is -2.02. The highest BCUT2D eigenvalue weighted by Gasteiger charge is 2.12. The fourth-order valence-electron chi connectivity index (χ4n) is 2.76. The Morgan fingerprint density at radius 2 is 2.04 bits per heavy atom. The van der Waals surface area contributed by atoms with Crippen LogP contribution in [0.2, 0.25) is 0 Å². The first-order chi connectivity index (χ1) is 12.6. The standard InChI is InChI=1S/C18H15FN4O3/c1-25-16-9-14(26-22-16)7-6-13-8-17(24)23-18(21-13)15(10-20-23)11-2-4-12(19)5-3-11/h2-5,8-10,20H,6-7H2,1H3. The second-order valence-corrected chi connectivity index (χ2v) is 5.77. The zero-order valence-electron chi connectivity index (χ0n) is 13.9. The Bertz CT molecular complexity index is 1110. The number of hydrogen-bond donors (Lipinski definition) is 1. The van der Waals surface area contributed by atoms with Crippen LogP contribution in [-0.4, -0.2) is 26.9 Å². The molecule has 0 aliphatic heterocycles. The Kier molecular flexibility index (Phi) is 4.00. The van der Waals surface area contributed by atoms with E-state index in [-0.39, 0.29) is 11.4 Å². The highest BCUT2D eigenvalue weighted by molar-refractivity contribution is 5.76. The van der Waals surface area contributed by atoms with Crippen LogP contribution in [0.1, 0.15) is 11.5 Å². The SMILES string of the molecule is COc1cc(CCc2cc(=O)n3[nH]cc(-c4ccc(F)cc4)c3n2)on1. The van der Waals surface area contributed by atoms with Gasteiger partial charge in [-0.2, -0.15) is 0 Å². The van der Waals surface area contributed by atoms with Gasteiger partial charge in [-0.1, -0.05) is 12.1 Å². The lowest BCUT2D eigenvalue weighted by Crippen LogP contribution is -2.15. The number of rotatable bonds is 5. The molecule has 1 N–H and O–H groups in total. The number of nitrogens with zero attached hydrogens (tertiary/aromatic N) is 3. The molecular formula is C18H15FN4O3. The van der Waals surface area contributed by atoms with E-state index in [1.54, 1.807) is 24.4 Å². The Morgan fingerprint density at radius 1 is 1.23 bits per heavy atom. The van der Waals surface area contributed by atoms with Crippen molar-refractivity contribution in [1.82, 2.24) is 19.8 Å². The molecule has 0 amide bonds. The minimum atomic E-state index is -0.318. The molecule has 1 aromatic carbocycles. The summed E-state index contributed by atoms with van der Waals surface area (Å²) in [4.78, 5) is 16.9. The number of fused-ring (bicyclic) bond motifs is 1. The van der Waals surface area contributed by atoms with Crippen LogP contribution in [-0.2, 0) is 12.8 Å². The van der Waals surface area contributed by atoms with Gasteiger partial charge >= 0.3 is 0 Å². The van der Waals surface area contributed by atoms with Gasteiger partial charge in [-0.25, -0.2) is 13.9 Å². The molecule has 0 atom stereocenters. The minimum absolute atomic E-state index is 0.214. The van der Waals surface area contributed by atoms with Gasteiger partial charge in [0.05, 0.1) is 7.11 Å². The van der Waals surface area contributed by atoms with E-state index < -0.39 is 0 Å². The van der Waals surface area contributed by atoms with Crippen molar-refractivity contribution in [3.8, 4) is 17.0 Å². The first-order valence-electron chi connectivity index (χ1n) is 7.99. The Hall–Kier alpha value is -3.42. The zero-order valence-corrected chi connectivity index (χ0v) is 13.9. The normalized spacial score (nSPS) is 11.2. The van der Waals surface area contributed by atoms with Gasteiger partial charge in [0.2, 0.25) is 0 Å². The van der Waals surface area contributed by atoms with Crippen LogP contribution in [0.15, 0.2) is 51.9 Å². The second kappa shape index (κ2) is 6.47. The molecule has 0 saturated carbocycles. The average Bonchev–Trinajstić information content (AvgIpc) is 3.27. The molecule has 0 spiro atoms. The number of ether oxygens (including phenoxy) is 1. The number of nitrogens with one attached hydrogen (secondary N) is 1. The number of aromatic nitrogens is 4. The van der Waals surface area contributed by atoms with Gasteiger partial charge in [0.15, 0.2) is 5.65 Å². The summed E-state index contributed by atoms with van der Waals surface area (Å²) in [6, 6.07) is 9.23. The summed E-state index contributed by atoms with van der Waals surface area (Å²) < 4.78 is 24.7. The molecule has 0 radical (unpaired) electrons. The average molecular weight is 354 g/mol. The van der Waals surface area contributed by atoms with E-state index >= 15 is 0 Å². The Morgan fingerprint density at radius 3 is 2.77 bits per heavy atom. The lowest BCUT2D eigenvalue weighted by molar-refractivity contribution is 0.326. The molecule has 0 bridgehead atoms. The molecule has 0 saturated heterocycles. The molecule has 132 valence electrons. The van der Waals surface area contributed by atoms with E-state index in [1.807, 2.05) is 0 Å². The number of methoxy groups -OCH3 is 1. The van der Waals surface area contributed by atoms with Crippen molar-refractivity contribution in [1.29, 1.82) is 0 Å². The highest BCUT2D eigenvalue weighted by atomic mass is 19.1. The molecule has 8 heteroatoms. The summed E-state index contributed by atoms with van der Waals surface area (Å²) in [6.07, 6.45) is 2.73. The minimum Gasteiger partial charge on any atom is -0.479 e. The third-order valence-corrected chi connectivity index (χ3v) is 4.08. The maximum absolute atomic E-state index is 13.2. The molecule has 0 fully saturated rings. The largest absolute Gasteiger partial charge is 0.479 e. The molecule has 7 nitrogen and oxygen atoms in total. The number of halogens is 1. The fraction of sp³-hybridized carbons (Fsp3) is 0.167. The molecular weight excluding hydrogens is 339 g/mol. The summed E-state index contributed by atoms with van der Waals surface area (Å²) in [6.45, 7) is 0. The zero-order chi connectivity index (χ0) is 18.1. The predicted molar refractivity (Wildman–Crippen MR) is 91.7 cm³/mol. The van der Waals surface area contributed by atoms with E-state index in [0.717, 1.165) is 11.1 Å². The van der Waals surface area contributed by atoms with Gasteiger partial charge in [0.25, 0.3) is 11.4 Å². The first kappa shape index (κ1) is 16.1. The number of hydrogen-bond acceptors (Lipinski definition) is 5. The Labute approximate surface area is 147 Å². The number of benzene rings is 1. The first-order valence-corrected chi connectivity index (χ1v) is 7.99. The van der Waals surface area contributed by atoms with Crippen LogP contribution in [0.4, 0.5) is 4.39 Å². The molecule has 4 rings (SSSR count). The van der Waals surface area contributed by atoms with Crippen LogP contribution < -0.4 is 10.3 Å². The number of aromatic amines is 1. The summed E-state index contributed by atoms with van der Waals surface area (Å²) in [5.74, 6) is 0.742. The van der Waals surface area contributed by atoms with Crippen molar-refractivity contribution < 1.29 is 13.7 Å². The van der Waals surface area contributed by atoms with Gasteiger partial charge in [0, 0.05) is 36.0 Å². The summed E-state index contributed by atoms with van der Waals surface area (Å²) >= 11 is 0. The van der Waals surface area contributed by atoms with Crippen LogP contribution in [0.5, 0.6) is 5.88 Å². The van der Waals surface area contributed by atoms with E-state index in [1.165, 1.54) is 29.8 Å². The van der Waals surface area contributed by atoms with Gasteiger partial charge < -0.3 is 9.26 Å². The topological polar surface area (TPSA) is 85.4 Å². The van der Waals surface area contributed by atoms with Gasteiger partial charge in [-0.3, -0.25) is 9.89 Å². The molecule has 0 aliphatic carbocycles. The molecule has 26 heavy (non-hydrogen) atoms. The van der Waals surface area contributed by atoms with Crippen molar-refractivity contribution in [2.75, 3.05) is 7.11 Å². The van der Waals surface area contributed by atoms with E-state index in [4.69, 9.17) is 9.26 Å². The van der Waals surface area contributed by atoms with Gasteiger partial charge in [-0.15, -0.1) is 0 Å². The van der Waals surface area contributed by atoms with Crippen molar-refractivity contribution in [2.45, 2.75) is 12.8 Å². The maximum atomic E-state index is 13.2. The number of aryl methyl sites for hydroxylation is 2. The maximum Gasteiger partial charge on any atom is 0.272 e. The van der Waals surface area contributed by atoms with E-state index in [0.29, 0.717) is 35.8 Å². The fourth-order valence-corrected chi connectivity index (χ4v) is 2.76. The van der Waals surface area contributed by atoms with Crippen molar-refractivity contribution in [3.63, 3.8) is 0 Å².